The van der Waals surface area contributed by atoms with E-state index in [4.69, 9.17) is 15.4 Å². The van der Waals surface area contributed by atoms with Crippen LogP contribution < -0.4 is 11.1 Å². The zero-order valence-corrected chi connectivity index (χ0v) is 10.3. The number of hydrogen-bond donors (Lipinski definition) is 3. The molecule has 1 unspecified atom stereocenters. The van der Waals surface area contributed by atoms with Gasteiger partial charge in [0.2, 0.25) is 17.7 Å². The van der Waals surface area contributed by atoms with Crippen molar-refractivity contribution in [1.82, 2.24) is 15.5 Å². The van der Waals surface area contributed by atoms with Crippen LogP contribution in [0.5, 0.6) is 0 Å². The maximum atomic E-state index is 11.5. The number of aliphatic carboxylic acids is 1. The molecule has 9 heteroatoms. The standard InChI is InChI=1S/C10H14N4O5/c1-5-12-9(19-14-5)3-2-8(16)13-6(10(17)18)4-7(11)15/h6H,2-4H2,1H3,(H2,11,15)(H,13,16)(H,17,18). The van der Waals surface area contributed by atoms with E-state index in [1.54, 1.807) is 6.92 Å². The molecule has 104 valence electrons. The number of carboxylic acids is 1. The minimum absolute atomic E-state index is 0.0236. The molecule has 0 radical (unpaired) electrons. The Morgan fingerprint density at radius 3 is 2.63 bits per heavy atom. The Hall–Kier alpha value is -2.45. The van der Waals surface area contributed by atoms with E-state index in [2.05, 4.69) is 15.5 Å². The second kappa shape index (κ2) is 6.47. The highest BCUT2D eigenvalue weighted by atomic mass is 16.5. The van der Waals surface area contributed by atoms with E-state index in [0.29, 0.717) is 5.82 Å². The number of carbonyl (C=O) groups is 3. The number of rotatable bonds is 7. The van der Waals surface area contributed by atoms with Crippen molar-refractivity contribution in [3.8, 4) is 0 Å². The molecule has 1 heterocycles. The summed E-state index contributed by atoms with van der Waals surface area (Å²) in [4.78, 5) is 36.8. The fourth-order valence-corrected chi connectivity index (χ4v) is 1.33. The summed E-state index contributed by atoms with van der Waals surface area (Å²) in [5.74, 6) is -1.92. The Morgan fingerprint density at radius 2 is 2.16 bits per heavy atom. The number of hydrogen-bond acceptors (Lipinski definition) is 6. The lowest BCUT2D eigenvalue weighted by atomic mass is 10.2. The number of amides is 2. The van der Waals surface area contributed by atoms with Crippen molar-refractivity contribution in [1.29, 1.82) is 0 Å². The van der Waals surface area contributed by atoms with Crippen molar-refractivity contribution >= 4 is 17.8 Å². The van der Waals surface area contributed by atoms with Crippen molar-refractivity contribution in [3.05, 3.63) is 11.7 Å². The van der Waals surface area contributed by atoms with E-state index < -0.39 is 30.2 Å². The number of aromatic nitrogens is 2. The molecule has 2 amide bonds. The normalized spacial score (nSPS) is 11.8. The summed E-state index contributed by atoms with van der Waals surface area (Å²) in [6.45, 7) is 1.64. The Bertz CT molecular complexity index is 484. The third-order valence-corrected chi connectivity index (χ3v) is 2.17. The molecule has 0 fully saturated rings. The maximum Gasteiger partial charge on any atom is 0.326 e. The minimum atomic E-state index is -1.32. The van der Waals surface area contributed by atoms with Gasteiger partial charge in [0.05, 0.1) is 6.42 Å². The van der Waals surface area contributed by atoms with E-state index in [0.717, 1.165) is 0 Å². The van der Waals surface area contributed by atoms with Crippen molar-refractivity contribution < 1.29 is 24.0 Å². The van der Waals surface area contributed by atoms with Crippen molar-refractivity contribution in [2.45, 2.75) is 32.2 Å². The molecule has 0 saturated heterocycles. The van der Waals surface area contributed by atoms with Gasteiger partial charge in [-0.25, -0.2) is 4.79 Å². The molecule has 1 atom stereocenters. The molecule has 0 aromatic carbocycles. The number of nitrogens with two attached hydrogens (primary N) is 1. The molecular formula is C10H14N4O5. The van der Waals surface area contributed by atoms with Crippen LogP contribution in [0.4, 0.5) is 0 Å². The predicted octanol–water partition coefficient (Wildman–Crippen LogP) is -1.24. The van der Waals surface area contributed by atoms with Gasteiger partial charge >= 0.3 is 5.97 Å². The second-order valence-electron chi connectivity index (χ2n) is 3.86. The first-order chi connectivity index (χ1) is 8.88. The smallest absolute Gasteiger partial charge is 0.326 e. The molecule has 0 bridgehead atoms. The Kier molecular flexibility index (Phi) is 4.98. The maximum absolute atomic E-state index is 11.5. The molecule has 19 heavy (non-hydrogen) atoms. The van der Waals surface area contributed by atoms with Gasteiger partial charge in [0.15, 0.2) is 5.82 Å². The van der Waals surface area contributed by atoms with Crippen LogP contribution in [0.2, 0.25) is 0 Å². The van der Waals surface area contributed by atoms with E-state index in [9.17, 15) is 14.4 Å². The number of aryl methyl sites for hydroxylation is 2. The van der Waals surface area contributed by atoms with E-state index in [1.165, 1.54) is 0 Å². The number of nitrogens with one attached hydrogen (secondary N) is 1. The average molecular weight is 270 g/mol. The van der Waals surface area contributed by atoms with Crippen LogP contribution in [0.3, 0.4) is 0 Å². The zero-order valence-electron chi connectivity index (χ0n) is 10.3. The lowest BCUT2D eigenvalue weighted by molar-refractivity contribution is -0.143. The molecule has 0 saturated carbocycles. The van der Waals surface area contributed by atoms with Crippen LogP contribution in [0.15, 0.2) is 4.52 Å². The molecule has 0 spiro atoms. The SMILES string of the molecule is Cc1noc(CCC(=O)NC(CC(N)=O)C(=O)O)n1. The first kappa shape index (κ1) is 14.6. The van der Waals surface area contributed by atoms with Gasteiger partial charge in [-0.2, -0.15) is 4.98 Å². The number of carboxylic acid groups (broad SMARTS) is 1. The van der Waals surface area contributed by atoms with Crippen LogP contribution in [0, 0.1) is 6.92 Å². The molecule has 4 N–H and O–H groups in total. The first-order valence-corrected chi connectivity index (χ1v) is 5.48. The quantitative estimate of drug-likeness (QED) is 0.560. The predicted molar refractivity (Wildman–Crippen MR) is 60.7 cm³/mol. The minimum Gasteiger partial charge on any atom is -0.480 e. The van der Waals surface area contributed by atoms with E-state index in [1.807, 2.05) is 0 Å². The van der Waals surface area contributed by atoms with Gasteiger partial charge in [-0.1, -0.05) is 5.16 Å². The van der Waals surface area contributed by atoms with Crippen LogP contribution in [0.25, 0.3) is 0 Å². The van der Waals surface area contributed by atoms with Crippen molar-refractivity contribution in [2.24, 2.45) is 5.73 Å². The average Bonchev–Trinajstić information content (AvgIpc) is 2.71. The van der Waals surface area contributed by atoms with Crippen LogP contribution in [0.1, 0.15) is 24.6 Å². The second-order valence-corrected chi connectivity index (χ2v) is 3.86. The van der Waals surface area contributed by atoms with Crippen molar-refractivity contribution in [2.75, 3.05) is 0 Å². The molecular weight excluding hydrogens is 256 g/mol. The number of carbonyl (C=O) groups excluding carboxylic acids is 2. The summed E-state index contributed by atoms with van der Waals surface area (Å²) in [5.41, 5.74) is 4.89. The summed E-state index contributed by atoms with van der Waals surface area (Å²) >= 11 is 0. The summed E-state index contributed by atoms with van der Waals surface area (Å²) in [7, 11) is 0. The van der Waals surface area contributed by atoms with Gasteiger partial charge in [-0.3, -0.25) is 9.59 Å². The van der Waals surface area contributed by atoms with Gasteiger partial charge in [-0.05, 0) is 6.92 Å². The van der Waals surface area contributed by atoms with Gasteiger partial charge in [0, 0.05) is 12.8 Å². The zero-order chi connectivity index (χ0) is 14.4. The fourth-order valence-electron chi connectivity index (χ4n) is 1.33. The summed E-state index contributed by atoms with van der Waals surface area (Å²) in [6.07, 6.45) is -0.291. The third-order valence-electron chi connectivity index (χ3n) is 2.17. The third kappa shape index (κ3) is 5.15. The number of nitrogens with zero attached hydrogens (tertiary/aromatic N) is 2. The van der Waals surface area contributed by atoms with Gasteiger partial charge < -0.3 is 20.7 Å². The lowest BCUT2D eigenvalue weighted by Crippen LogP contribution is -2.43. The first-order valence-electron chi connectivity index (χ1n) is 5.48. The van der Waals surface area contributed by atoms with E-state index >= 15 is 0 Å². The molecule has 0 aliphatic rings. The highest BCUT2D eigenvalue weighted by molar-refractivity contribution is 5.88. The highest BCUT2D eigenvalue weighted by Gasteiger charge is 2.22. The topological polar surface area (TPSA) is 148 Å². The molecule has 0 aliphatic carbocycles. The number of primary amides is 1. The molecule has 1 rings (SSSR count). The molecule has 9 nitrogen and oxygen atoms in total. The van der Waals surface area contributed by atoms with Gasteiger partial charge in [0.1, 0.15) is 6.04 Å². The monoisotopic (exact) mass is 270 g/mol. The molecule has 1 aromatic heterocycles. The Labute approximate surface area is 108 Å². The van der Waals surface area contributed by atoms with Crippen LogP contribution in [-0.4, -0.2) is 39.1 Å². The van der Waals surface area contributed by atoms with E-state index in [-0.39, 0.29) is 18.7 Å². The summed E-state index contributed by atoms with van der Waals surface area (Å²) in [6, 6.07) is -1.32. The largest absolute Gasteiger partial charge is 0.480 e. The molecule has 1 aromatic rings. The Morgan fingerprint density at radius 1 is 1.47 bits per heavy atom. The van der Waals surface area contributed by atoms with Crippen LogP contribution in [-0.2, 0) is 20.8 Å². The van der Waals surface area contributed by atoms with Gasteiger partial charge in [-0.15, -0.1) is 0 Å². The highest BCUT2D eigenvalue weighted by Crippen LogP contribution is 2.01. The summed E-state index contributed by atoms with van der Waals surface area (Å²) < 4.78 is 4.80. The Balaban J connectivity index is 2.44. The van der Waals surface area contributed by atoms with Crippen molar-refractivity contribution in [3.63, 3.8) is 0 Å². The fraction of sp³-hybridized carbons (Fsp3) is 0.500. The summed E-state index contributed by atoms with van der Waals surface area (Å²) in [5, 5.41) is 14.5. The van der Waals surface area contributed by atoms with Crippen LogP contribution >= 0.6 is 0 Å². The van der Waals surface area contributed by atoms with Gasteiger partial charge in [0.25, 0.3) is 0 Å². The lowest BCUT2D eigenvalue weighted by Gasteiger charge is -2.12. The molecule has 0 aliphatic heterocycles.